The first kappa shape index (κ1) is 39.1. The van der Waals surface area contributed by atoms with Gasteiger partial charge in [-0.1, -0.05) is 36.4 Å². The van der Waals surface area contributed by atoms with Crippen LogP contribution in [0.2, 0.25) is 0 Å². The van der Waals surface area contributed by atoms with E-state index < -0.39 is 26.1 Å². The van der Waals surface area contributed by atoms with E-state index in [-0.39, 0.29) is 160 Å². The Balaban J connectivity index is 0. The van der Waals surface area contributed by atoms with Gasteiger partial charge in [0, 0.05) is 5.56 Å². The second-order valence-corrected chi connectivity index (χ2v) is 9.01. The molecule has 0 unspecified atom stereocenters. The van der Waals surface area contributed by atoms with E-state index in [4.69, 9.17) is 33.3 Å². The summed E-state index contributed by atoms with van der Waals surface area (Å²) in [5, 5.41) is 0. The minimum absolute atomic E-state index is 0. The van der Waals surface area contributed by atoms with E-state index in [1.807, 2.05) is 70.2 Å². The number of rotatable bonds is 5. The molecule has 34 heavy (non-hydrogen) atoms. The van der Waals surface area contributed by atoms with Gasteiger partial charge < -0.3 is 33.3 Å². The Morgan fingerprint density at radius 1 is 0.941 bits per heavy atom. The van der Waals surface area contributed by atoms with Crippen LogP contribution in [0.4, 0.5) is 0 Å². The van der Waals surface area contributed by atoms with Gasteiger partial charge in [-0.2, -0.15) is 7.82 Å². The Kier molecular flexibility index (Phi) is 19.4. The molecule has 0 bridgehead atoms. The first-order chi connectivity index (χ1) is 14.2. The molecule has 13 heteroatoms. The molecule has 3 rings (SSSR count). The van der Waals surface area contributed by atoms with Crippen molar-refractivity contribution in [1.82, 2.24) is 0 Å². The zero-order valence-corrected chi connectivity index (χ0v) is 31.4. The molecular formula is C21H25BK3O8P. The van der Waals surface area contributed by atoms with E-state index in [0.29, 0.717) is 17.9 Å². The molecule has 2 aromatic rings. The van der Waals surface area contributed by atoms with Crippen LogP contribution in [0.3, 0.4) is 0 Å². The van der Waals surface area contributed by atoms with Crippen molar-refractivity contribution in [2.75, 3.05) is 0 Å². The number of ketones is 1. The second-order valence-electron chi connectivity index (χ2n) is 8.11. The van der Waals surface area contributed by atoms with Gasteiger partial charge in [0.25, 0.3) is 0 Å². The average molecular weight is 565 g/mol. The van der Waals surface area contributed by atoms with Crippen LogP contribution < -0.4 is 179 Å². The third-order valence-corrected chi connectivity index (χ3v) is 5.16. The van der Waals surface area contributed by atoms with Crippen LogP contribution in [0.15, 0.2) is 48.5 Å². The van der Waals surface area contributed by atoms with Crippen molar-refractivity contribution in [1.29, 1.82) is 0 Å². The standard InChI is InChI=1S/C21H25BO4.3K.H3O4P/c1-15(23)18-13-17(24-14-16-9-7-6-8-10-16)11-12-19(18)22-25-20(2,3)21(4,5)26-22;;;;1-5(2,3)4/h6-13H,14H2,1-5H3;;;;(H3,1,2,3,4)/q;3*+1;/p-3. The van der Waals surface area contributed by atoms with Crippen molar-refractivity contribution >= 4 is 26.2 Å². The van der Waals surface area contributed by atoms with E-state index >= 15 is 0 Å². The number of benzene rings is 2. The molecule has 8 nitrogen and oxygen atoms in total. The van der Waals surface area contributed by atoms with E-state index in [2.05, 4.69) is 0 Å². The number of Topliss-reactive ketones (excluding diaryl/α,β-unsaturated/α-hetero) is 1. The van der Waals surface area contributed by atoms with Crippen molar-refractivity contribution in [3.05, 3.63) is 59.7 Å². The molecule has 0 saturated carbocycles. The van der Waals surface area contributed by atoms with Crippen LogP contribution in [0.1, 0.15) is 50.5 Å². The van der Waals surface area contributed by atoms with Crippen LogP contribution in [-0.2, 0) is 20.5 Å². The van der Waals surface area contributed by atoms with Gasteiger partial charge in [-0.05, 0) is 57.8 Å². The number of phosphoric acid groups is 1. The van der Waals surface area contributed by atoms with E-state index in [0.717, 1.165) is 11.0 Å². The average Bonchev–Trinajstić information content (AvgIpc) is 2.86. The third-order valence-electron chi connectivity index (χ3n) is 5.16. The van der Waals surface area contributed by atoms with Gasteiger partial charge in [0.2, 0.25) is 0 Å². The molecule has 1 saturated heterocycles. The van der Waals surface area contributed by atoms with Gasteiger partial charge in [-0.3, -0.25) is 4.79 Å². The summed E-state index contributed by atoms with van der Waals surface area (Å²) in [6, 6.07) is 15.4. The number of ether oxygens (including phenoxy) is 1. The molecule has 2 aromatic carbocycles. The number of carbonyl (C=O) groups is 1. The monoisotopic (exact) mass is 564 g/mol. The molecule has 1 fully saturated rings. The Morgan fingerprint density at radius 2 is 1.41 bits per heavy atom. The SMILES string of the molecule is CC(=O)c1cc(OCc2ccccc2)ccc1B1OC(C)(C)C(C)(C)O1.O=P([O-])([O-])[O-].[K+].[K+].[K+]. The molecular weight excluding hydrogens is 539 g/mol. The summed E-state index contributed by atoms with van der Waals surface area (Å²) in [5.41, 5.74) is 1.48. The molecule has 1 aliphatic rings. The largest absolute Gasteiger partial charge is 1.00 e. The predicted octanol–water partition coefficient (Wildman–Crippen LogP) is -8.05. The van der Waals surface area contributed by atoms with Crippen molar-refractivity contribution in [2.45, 2.75) is 52.4 Å². The van der Waals surface area contributed by atoms with Gasteiger partial charge in [-0.25, -0.2) is 0 Å². The number of hydrogen-bond acceptors (Lipinski definition) is 8. The number of carbonyl (C=O) groups excluding carboxylic acids is 1. The Morgan fingerprint density at radius 3 is 1.85 bits per heavy atom. The summed E-state index contributed by atoms with van der Waals surface area (Å²) in [7, 11) is -5.96. The Labute approximate surface area is 329 Å². The summed E-state index contributed by atoms with van der Waals surface area (Å²) in [6.45, 7) is 9.99. The maximum absolute atomic E-state index is 12.2. The van der Waals surface area contributed by atoms with Gasteiger partial charge >= 0.3 is 161 Å². The van der Waals surface area contributed by atoms with Gasteiger partial charge in [0.15, 0.2) is 5.78 Å². The van der Waals surface area contributed by atoms with Crippen LogP contribution in [0.25, 0.3) is 0 Å². The molecule has 0 radical (unpaired) electrons. The summed E-state index contributed by atoms with van der Waals surface area (Å²) in [4.78, 5) is 37.9. The van der Waals surface area contributed by atoms with Crippen molar-refractivity contribution in [2.24, 2.45) is 0 Å². The van der Waals surface area contributed by atoms with Crippen molar-refractivity contribution in [3.63, 3.8) is 0 Å². The quantitative estimate of drug-likeness (QED) is 0.199. The second kappa shape index (κ2) is 16.9. The minimum Gasteiger partial charge on any atom is -0.822 e. The molecule has 168 valence electrons. The first-order valence-corrected chi connectivity index (χ1v) is 11.1. The summed E-state index contributed by atoms with van der Waals surface area (Å²) in [5.74, 6) is 0.610. The summed E-state index contributed by atoms with van der Waals surface area (Å²) in [6.07, 6.45) is 0. The first-order valence-electron chi connectivity index (χ1n) is 9.60. The summed E-state index contributed by atoms with van der Waals surface area (Å²) >= 11 is 0. The zero-order chi connectivity index (χ0) is 23.4. The zero-order valence-electron chi connectivity index (χ0n) is 21.1. The molecule has 0 atom stereocenters. The fourth-order valence-corrected chi connectivity index (χ4v) is 2.85. The predicted molar refractivity (Wildman–Crippen MR) is 111 cm³/mol. The molecule has 0 amide bonds. The Hall–Kier alpha value is 2.91. The molecule has 1 aliphatic heterocycles. The fraction of sp³-hybridized carbons (Fsp3) is 0.381. The third kappa shape index (κ3) is 12.8. The maximum Gasteiger partial charge on any atom is 1.00 e. The van der Waals surface area contributed by atoms with Gasteiger partial charge in [-0.15, -0.1) is 0 Å². The minimum atomic E-state index is -5.39. The van der Waals surface area contributed by atoms with E-state index in [9.17, 15) is 4.79 Å². The topological polar surface area (TPSA) is 131 Å². The van der Waals surface area contributed by atoms with Crippen LogP contribution in [0.5, 0.6) is 5.75 Å². The van der Waals surface area contributed by atoms with Gasteiger partial charge in [0.1, 0.15) is 12.4 Å². The molecule has 0 aliphatic carbocycles. The van der Waals surface area contributed by atoms with Crippen LogP contribution in [0, 0.1) is 0 Å². The van der Waals surface area contributed by atoms with Crippen molar-refractivity contribution < 1.29 is 192 Å². The van der Waals surface area contributed by atoms with Crippen LogP contribution >= 0.6 is 7.82 Å². The maximum atomic E-state index is 12.2. The van der Waals surface area contributed by atoms with Gasteiger partial charge in [0.05, 0.1) is 11.2 Å². The smallest absolute Gasteiger partial charge is 0.822 e. The van der Waals surface area contributed by atoms with Crippen molar-refractivity contribution in [3.8, 4) is 5.75 Å². The normalized spacial score (nSPS) is 15.5. The van der Waals surface area contributed by atoms with E-state index in [1.54, 1.807) is 13.0 Å². The fourth-order valence-electron chi connectivity index (χ4n) is 2.85. The Bertz CT molecular complexity index is 945. The summed E-state index contributed by atoms with van der Waals surface area (Å²) < 4.78 is 26.6. The molecule has 0 N–H and O–H groups in total. The number of hydrogen-bond donors (Lipinski definition) is 0. The molecule has 0 aromatic heterocycles. The molecule has 1 heterocycles. The molecule has 0 spiro atoms. The van der Waals surface area contributed by atoms with Crippen LogP contribution in [-0.4, -0.2) is 24.1 Å². The van der Waals surface area contributed by atoms with E-state index in [1.165, 1.54) is 0 Å².